The van der Waals surface area contributed by atoms with Crippen molar-refractivity contribution in [2.45, 2.75) is 86.0 Å². The van der Waals surface area contributed by atoms with E-state index >= 15 is 0 Å². The topological polar surface area (TPSA) is 92.0 Å². The number of carbonyl (C=O) groups is 3. The summed E-state index contributed by atoms with van der Waals surface area (Å²) in [6, 6.07) is 1.85. The molecule has 1 aromatic rings. The quantitative estimate of drug-likeness (QED) is 0.292. The first-order valence-electron chi connectivity index (χ1n) is 13.2. The van der Waals surface area contributed by atoms with Crippen LogP contribution in [0.5, 0.6) is 0 Å². The molecule has 2 saturated carbocycles. The SMILES string of the molecule is CC(=O)O[C@@H]1C=C[C@]2(C)C(C[C@@H](OC(C)=O)[C@]3(C)C4=CC(=O)O[C@H](c5ccoc5)[C@@]4(C)CCC23)C1(C)C. The first-order chi connectivity index (χ1) is 17.2. The van der Waals surface area contributed by atoms with E-state index in [0.717, 1.165) is 24.0 Å². The number of hydrogen-bond donors (Lipinski definition) is 0. The fourth-order valence-electron chi connectivity index (χ4n) is 8.66. The van der Waals surface area contributed by atoms with Gasteiger partial charge in [0.25, 0.3) is 0 Å². The van der Waals surface area contributed by atoms with Crippen molar-refractivity contribution in [1.82, 2.24) is 0 Å². The Morgan fingerprint density at radius 3 is 2.35 bits per heavy atom. The molecule has 0 amide bonds. The zero-order chi connectivity index (χ0) is 27.0. The van der Waals surface area contributed by atoms with Gasteiger partial charge in [0.2, 0.25) is 0 Å². The normalized spacial score (nSPS) is 41.9. The summed E-state index contributed by atoms with van der Waals surface area (Å²) in [4.78, 5) is 37.4. The van der Waals surface area contributed by atoms with Gasteiger partial charge in [-0.15, -0.1) is 0 Å². The van der Waals surface area contributed by atoms with Crippen LogP contribution in [-0.4, -0.2) is 30.1 Å². The largest absolute Gasteiger partial charge is 0.472 e. The highest BCUT2D eigenvalue weighted by molar-refractivity contribution is 5.85. The number of esters is 3. The number of hydrogen-bond acceptors (Lipinski definition) is 7. The summed E-state index contributed by atoms with van der Waals surface area (Å²) in [7, 11) is 0. The maximum absolute atomic E-state index is 13.0. The van der Waals surface area contributed by atoms with Crippen LogP contribution >= 0.6 is 0 Å². The minimum atomic E-state index is -0.597. The summed E-state index contributed by atoms with van der Waals surface area (Å²) in [5.74, 6) is -0.863. The lowest BCUT2D eigenvalue weighted by molar-refractivity contribution is -0.204. The number of carbonyl (C=O) groups excluding carboxylic acids is 3. The lowest BCUT2D eigenvalue weighted by Crippen LogP contribution is -2.65. The van der Waals surface area contributed by atoms with Gasteiger partial charge >= 0.3 is 17.9 Å². The summed E-state index contributed by atoms with van der Waals surface area (Å²) < 4.78 is 23.1. The van der Waals surface area contributed by atoms with Crippen molar-refractivity contribution in [3.63, 3.8) is 0 Å². The number of fused-ring (bicyclic) bond motifs is 5. The Kier molecular flexibility index (Phi) is 5.81. The Balaban J connectivity index is 1.66. The standard InChI is InChI=1S/C30H38O7/c1-17(31)35-23-9-12-28(5)20-8-11-29(6)22(15-25(33)37-26(29)19-10-13-34-16-19)30(20,7)24(36-18(2)32)14-21(28)27(23,3)4/h9-10,12-13,15-16,20-21,23-24,26H,8,11,14H2,1-7H3/t20?,21?,23-,24-,26-,28+,29+,30+/m1/s1. The molecule has 2 fully saturated rings. The fourth-order valence-corrected chi connectivity index (χ4v) is 8.66. The molecule has 0 N–H and O–H groups in total. The Hall–Kier alpha value is -2.83. The van der Waals surface area contributed by atoms with Crippen LogP contribution in [0.4, 0.5) is 0 Å². The summed E-state index contributed by atoms with van der Waals surface area (Å²) in [5, 5.41) is 0. The average molecular weight is 511 g/mol. The molecular formula is C30H38O7. The molecule has 37 heavy (non-hydrogen) atoms. The second-order valence-electron chi connectivity index (χ2n) is 12.7. The van der Waals surface area contributed by atoms with Gasteiger partial charge in [0.05, 0.1) is 12.5 Å². The van der Waals surface area contributed by atoms with Crippen molar-refractivity contribution >= 4 is 17.9 Å². The minimum absolute atomic E-state index is 0.0851. The Labute approximate surface area is 218 Å². The molecule has 0 saturated heterocycles. The molecule has 2 heterocycles. The smallest absolute Gasteiger partial charge is 0.331 e. The molecule has 7 heteroatoms. The minimum Gasteiger partial charge on any atom is -0.472 e. The third kappa shape index (κ3) is 3.63. The van der Waals surface area contributed by atoms with E-state index in [2.05, 4.69) is 40.7 Å². The number of ether oxygens (including phenoxy) is 3. The van der Waals surface area contributed by atoms with Crippen molar-refractivity contribution < 1.29 is 33.0 Å². The third-order valence-electron chi connectivity index (χ3n) is 10.3. The van der Waals surface area contributed by atoms with Crippen molar-refractivity contribution in [2.24, 2.45) is 33.5 Å². The van der Waals surface area contributed by atoms with E-state index < -0.39 is 23.0 Å². The molecule has 5 rings (SSSR count). The third-order valence-corrected chi connectivity index (χ3v) is 10.3. The first-order valence-corrected chi connectivity index (χ1v) is 13.2. The monoisotopic (exact) mass is 510 g/mol. The van der Waals surface area contributed by atoms with Crippen molar-refractivity contribution in [3.05, 3.63) is 48.0 Å². The van der Waals surface area contributed by atoms with Gasteiger partial charge in [-0.3, -0.25) is 9.59 Å². The van der Waals surface area contributed by atoms with E-state index in [1.807, 2.05) is 12.1 Å². The number of cyclic esters (lactones) is 1. The van der Waals surface area contributed by atoms with Crippen LogP contribution in [0.15, 0.2) is 46.8 Å². The van der Waals surface area contributed by atoms with Crippen LogP contribution in [0.3, 0.4) is 0 Å². The van der Waals surface area contributed by atoms with Gasteiger partial charge in [-0.1, -0.05) is 40.7 Å². The van der Waals surface area contributed by atoms with Gasteiger partial charge in [0.15, 0.2) is 0 Å². The van der Waals surface area contributed by atoms with E-state index in [1.54, 1.807) is 18.6 Å². The summed E-state index contributed by atoms with van der Waals surface area (Å²) >= 11 is 0. The fraction of sp³-hybridized carbons (Fsp3) is 0.633. The lowest BCUT2D eigenvalue weighted by Gasteiger charge is -2.68. The molecule has 0 bridgehead atoms. The van der Waals surface area contributed by atoms with E-state index in [4.69, 9.17) is 18.6 Å². The van der Waals surface area contributed by atoms with Gasteiger partial charge in [0.1, 0.15) is 18.3 Å². The Morgan fingerprint density at radius 1 is 1.03 bits per heavy atom. The summed E-state index contributed by atoms with van der Waals surface area (Å²) in [5.41, 5.74) is 0.0988. The van der Waals surface area contributed by atoms with Crippen LogP contribution in [0.1, 0.15) is 79.4 Å². The molecule has 0 radical (unpaired) electrons. The van der Waals surface area contributed by atoms with Gasteiger partial charge in [-0.05, 0) is 54.2 Å². The highest BCUT2D eigenvalue weighted by atomic mass is 16.6. The molecule has 0 aromatic carbocycles. The van der Waals surface area contributed by atoms with Crippen molar-refractivity contribution in [3.8, 4) is 0 Å². The van der Waals surface area contributed by atoms with Crippen LogP contribution < -0.4 is 0 Å². The van der Waals surface area contributed by atoms with E-state index in [1.165, 1.54) is 13.8 Å². The van der Waals surface area contributed by atoms with E-state index in [-0.39, 0.29) is 46.7 Å². The molecule has 1 aromatic heterocycles. The molecule has 3 aliphatic carbocycles. The highest BCUT2D eigenvalue weighted by Crippen LogP contribution is 2.72. The van der Waals surface area contributed by atoms with Gasteiger partial charge in [-0.25, -0.2) is 4.79 Å². The molecule has 200 valence electrons. The second-order valence-corrected chi connectivity index (χ2v) is 12.7. The predicted molar refractivity (Wildman–Crippen MR) is 135 cm³/mol. The average Bonchev–Trinajstić information content (AvgIpc) is 3.32. The Bertz CT molecular complexity index is 1180. The molecule has 7 nitrogen and oxygen atoms in total. The molecule has 2 unspecified atom stereocenters. The van der Waals surface area contributed by atoms with Crippen LogP contribution in [0.2, 0.25) is 0 Å². The zero-order valence-electron chi connectivity index (χ0n) is 22.8. The summed E-state index contributed by atoms with van der Waals surface area (Å²) in [6.07, 6.45) is 10.1. The lowest BCUT2D eigenvalue weighted by atomic mass is 9.38. The van der Waals surface area contributed by atoms with Crippen molar-refractivity contribution in [1.29, 1.82) is 0 Å². The number of furan rings is 1. The van der Waals surface area contributed by atoms with Gasteiger partial charge in [-0.2, -0.15) is 0 Å². The van der Waals surface area contributed by atoms with Crippen molar-refractivity contribution in [2.75, 3.05) is 0 Å². The predicted octanol–water partition coefficient (Wildman–Crippen LogP) is 5.71. The van der Waals surface area contributed by atoms with Crippen LogP contribution in [-0.2, 0) is 28.6 Å². The number of allylic oxidation sites excluding steroid dienone is 1. The molecule has 1 aliphatic heterocycles. The number of rotatable bonds is 3. The van der Waals surface area contributed by atoms with E-state index in [0.29, 0.717) is 6.42 Å². The molecule has 4 aliphatic rings. The second kappa shape index (κ2) is 8.34. The van der Waals surface area contributed by atoms with Gasteiger partial charge < -0.3 is 18.6 Å². The van der Waals surface area contributed by atoms with E-state index in [9.17, 15) is 14.4 Å². The first kappa shape index (κ1) is 25.8. The highest BCUT2D eigenvalue weighted by Gasteiger charge is 2.69. The zero-order valence-corrected chi connectivity index (χ0v) is 22.8. The summed E-state index contributed by atoms with van der Waals surface area (Å²) in [6.45, 7) is 13.8. The van der Waals surface area contributed by atoms with Gasteiger partial charge in [0, 0.05) is 41.7 Å². The van der Waals surface area contributed by atoms with Crippen LogP contribution in [0, 0.1) is 33.5 Å². The molecule has 8 atom stereocenters. The molecule has 0 spiro atoms. The maximum Gasteiger partial charge on any atom is 0.331 e. The van der Waals surface area contributed by atoms with Crippen LogP contribution in [0.25, 0.3) is 0 Å². The Morgan fingerprint density at radius 2 is 1.73 bits per heavy atom. The maximum atomic E-state index is 13.0. The molecular weight excluding hydrogens is 472 g/mol.